The van der Waals surface area contributed by atoms with Crippen LogP contribution < -0.4 is 9.46 Å². The van der Waals surface area contributed by atoms with Gasteiger partial charge >= 0.3 is 0 Å². The molecule has 2 aromatic carbocycles. The van der Waals surface area contributed by atoms with E-state index >= 15 is 0 Å². The van der Waals surface area contributed by atoms with E-state index in [1.165, 1.54) is 18.2 Å². The number of nitriles is 1. The Labute approximate surface area is 180 Å². The maximum absolute atomic E-state index is 13.2. The fourth-order valence-corrected chi connectivity index (χ4v) is 5.90. The number of nitrogens with zero attached hydrogens (tertiary/aromatic N) is 2. The minimum Gasteiger partial charge on any atom is -0.456 e. The number of hydrogen-bond acceptors (Lipinski definition) is 5. The summed E-state index contributed by atoms with van der Waals surface area (Å²) in [7, 11) is -3.90. The molecule has 9 heteroatoms. The topological polar surface area (TPSA) is 82.4 Å². The standard InChI is InChI=1S/C20H19Cl2N3O3S/c21-15-8-16(22)10-17(9-15)28-19-2-1-13(11-23)7-20(19)29(26,27)24-18-12-25-5-3-14(18)4-6-25/h1-2,7-10,14,18,24H,3-6,12H2/t18-/m1/s1. The van der Waals surface area contributed by atoms with Gasteiger partial charge in [-0.25, -0.2) is 13.1 Å². The molecule has 3 aliphatic rings. The molecule has 1 atom stereocenters. The van der Waals surface area contributed by atoms with Crippen LogP contribution >= 0.6 is 23.2 Å². The molecule has 0 unspecified atom stereocenters. The van der Waals surface area contributed by atoms with Crippen molar-refractivity contribution in [2.24, 2.45) is 5.92 Å². The summed E-state index contributed by atoms with van der Waals surface area (Å²) in [6, 6.07) is 10.8. The number of nitrogens with one attached hydrogen (secondary N) is 1. The molecule has 0 radical (unpaired) electrons. The van der Waals surface area contributed by atoms with Gasteiger partial charge in [0.1, 0.15) is 16.4 Å². The zero-order chi connectivity index (χ0) is 20.6. The van der Waals surface area contributed by atoms with Gasteiger partial charge in [0.25, 0.3) is 0 Å². The third-order valence-corrected chi connectivity index (χ3v) is 7.34. The Kier molecular flexibility index (Phi) is 5.74. The predicted molar refractivity (Wildman–Crippen MR) is 111 cm³/mol. The van der Waals surface area contributed by atoms with E-state index in [0.29, 0.717) is 28.3 Å². The lowest BCUT2D eigenvalue weighted by atomic mass is 9.85. The van der Waals surface area contributed by atoms with Crippen molar-refractivity contribution < 1.29 is 13.2 Å². The van der Waals surface area contributed by atoms with Crippen LogP contribution in [0, 0.1) is 17.2 Å². The normalized spacial score (nSPS) is 23.6. The molecule has 3 fully saturated rings. The Balaban J connectivity index is 1.66. The largest absolute Gasteiger partial charge is 0.456 e. The smallest absolute Gasteiger partial charge is 0.244 e. The Morgan fingerprint density at radius 1 is 1.10 bits per heavy atom. The Bertz CT molecular complexity index is 1060. The van der Waals surface area contributed by atoms with E-state index in [0.717, 1.165) is 25.9 Å². The van der Waals surface area contributed by atoms with Gasteiger partial charge in [-0.05, 0) is 68.2 Å². The van der Waals surface area contributed by atoms with Crippen molar-refractivity contribution in [3.8, 4) is 17.6 Å². The fraction of sp³-hybridized carbons (Fsp3) is 0.350. The van der Waals surface area contributed by atoms with Crippen LogP contribution in [0.15, 0.2) is 41.3 Å². The molecule has 152 valence electrons. The Morgan fingerprint density at radius 3 is 2.38 bits per heavy atom. The van der Waals surface area contributed by atoms with E-state index in [1.807, 2.05) is 6.07 Å². The number of ether oxygens (including phenoxy) is 1. The van der Waals surface area contributed by atoms with Crippen LogP contribution in [0.5, 0.6) is 11.5 Å². The van der Waals surface area contributed by atoms with Crippen molar-refractivity contribution in [1.82, 2.24) is 9.62 Å². The first-order valence-electron chi connectivity index (χ1n) is 9.27. The summed E-state index contributed by atoms with van der Waals surface area (Å²) in [5.74, 6) is 0.743. The maximum atomic E-state index is 13.2. The first-order chi connectivity index (χ1) is 13.8. The van der Waals surface area contributed by atoms with E-state index < -0.39 is 10.0 Å². The van der Waals surface area contributed by atoms with Gasteiger partial charge in [0, 0.05) is 22.6 Å². The maximum Gasteiger partial charge on any atom is 0.244 e. The number of sulfonamides is 1. The molecule has 0 aliphatic carbocycles. The van der Waals surface area contributed by atoms with Crippen LogP contribution in [0.3, 0.4) is 0 Å². The molecule has 6 nitrogen and oxygen atoms in total. The van der Waals surface area contributed by atoms with Crippen LogP contribution in [0.2, 0.25) is 10.0 Å². The van der Waals surface area contributed by atoms with Crippen molar-refractivity contribution in [2.45, 2.75) is 23.8 Å². The van der Waals surface area contributed by atoms with Crippen molar-refractivity contribution >= 4 is 33.2 Å². The highest BCUT2D eigenvalue weighted by Crippen LogP contribution is 2.34. The number of hydrogen-bond donors (Lipinski definition) is 1. The first-order valence-corrected chi connectivity index (χ1v) is 11.5. The summed E-state index contributed by atoms with van der Waals surface area (Å²) >= 11 is 12.0. The van der Waals surface area contributed by atoms with Crippen molar-refractivity contribution in [1.29, 1.82) is 5.26 Å². The van der Waals surface area contributed by atoms with E-state index in [4.69, 9.17) is 27.9 Å². The molecule has 0 amide bonds. The summed E-state index contributed by atoms with van der Waals surface area (Å²) in [5.41, 5.74) is 0.232. The zero-order valence-corrected chi connectivity index (χ0v) is 17.8. The number of rotatable bonds is 5. The number of benzene rings is 2. The zero-order valence-electron chi connectivity index (χ0n) is 15.4. The molecular formula is C20H19Cl2N3O3S. The van der Waals surface area contributed by atoms with E-state index in [9.17, 15) is 13.7 Å². The van der Waals surface area contributed by atoms with Gasteiger partial charge in [-0.3, -0.25) is 0 Å². The highest BCUT2D eigenvalue weighted by Gasteiger charge is 2.37. The van der Waals surface area contributed by atoms with Gasteiger partial charge in [-0.2, -0.15) is 5.26 Å². The molecule has 0 spiro atoms. The molecule has 1 N–H and O–H groups in total. The van der Waals surface area contributed by atoms with Gasteiger partial charge < -0.3 is 9.64 Å². The quantitative estimate of drug-likeness (QED) is 0.741. The molecule has 29 heavy (non-hydrogen) atoms. The van der Waals surface area contributed by atoms with E-state index in [1.54, 1.807) is 18.2 Å². The van der Waals surface area contributed by atoms with Crippen molar-refractivity contribution in [2.75, 3.05) is 19.6 Å². The molecule has 2 aromatic rings. The summed E-state index contributed by atoms with van der Waals surface area (Å²) in [4.78, 5) is 2.19. The molecule has 2 bridgehead atoms. The van der Waals surface area contributed by atoms with Crippen LogP contribution in [0.1, 0.15) is 18.4 Å². The fourth-order valence-electron chi connectivity index (χ4n) is 3.95. The second-order valence-corrected chi connectivity index (χ2v) is 9.90. The SMILES string of the molecule is N#Cc1ccc(Oc2cc(Cl)cc(Cl)c2)c(S(=O)(=O)N[C@@H]2CN3CCC2CC3)c1. The third-order valence-electron chi connectivity index (χ3n) is 5.39. The van der Waals surface area contributed by atoms with Gasteiger partial charge in [0.2, 0.25) is 10.0 Å². The highest BCUT2D eigenvalue weighted by atomic mass is 35.5. The average molecular weight is 452 g/mol. The van der Waals surface area contributed by atoms with Crippen LogP contribution in [0.4, 0.5) is 0 Å². The number of fused-ring (bicyclic) bond motifs is 3. The van der Waals surface area contributed by atoms with Gasteiger partial charge in [-0.15, -0.1) is 0 Å². The summed E-state index contributed by atoms with van der Waals surface area (Å²) < 4.78 is 35.1. The van der Waals surface area contributed by atoms with Gasteiger partial charge in [-0.1, -0.05) is 23.2 Å². The molecule has 3 saturated heterocycles. The van der Waals surface area contributed by atoms with E-state index in [2.05, 4.69) is 9.62 Å². The van der Waals surface area contributed by atoms with Crippen LogP contribution in [0.25, 0.3) is 0 Å². The van der Waals surface area contributed by atoms with Crippen molar-refractivity contribution in [3.05, 3.63) is 52.0 Å². The lowest BCUT2D eigenvalue weighted by Gasteiger charge is -2.44. The second-order valence-electron chi connectivity index (χ2n) is 7.35. The minimum absolute atomic E-state index is 0.0795. The highest BCUT2D eigenvalue weighted by molar-refractivity contribution is 7.89. The molecular weight excluding hydrogens is 433 g/mol. The van der Waals surface area contributed by atoms with E-state index in [-0.39, 0.29) is 22.3 Å². The third kappa shape index (κ3) is 4.52. The average Bonchev–Trinajstić information content (AvgIpc) is 2.68. The summed E-state index contributed by atoms with van der Waals surface area (Å²) in [6.07, 6.45) is 1.96. The molecule has 0 aromatic heterocycles. The minimum atomic E-state index is -3.90. The van der Waals surface area contributed by atoms with Crippen LogP contribution in [-0.2, 0) is 10.0 Å². The predicted octanol–water partition coefficient (Wildman–Crippen LogP) is 4.03. The lowest BCUT2D eigenvalue weighted by molar-refractivity contribution is 0.0827. The molecule has 5 rings (SSSR count). The Hall–Kier alpha value is -1.82. The van der Waals surface area contributed by atoms with Crippen molar-refractivity contribution in [3.63, 3.8) is 0 Å². The lowest BCUT2D eigenvalue weighted by Crippen LogP contribution is -2.57. The number of piperidine rings is 3. The molecule has 3 aliphatic heterocycles. The van der Waals surface area contributed by atoms with Crippen LogP contribution in [-0.4, -0.2) is 39.0 Å². The van der Waals surface area contributed by atoms with Gasteiger partial charge in [0.15, 0.2) is 0 Å². The van der Waals surface area contributed by atoms with Gasteiger partial charge in [0.05, 0.1) is 11.6 Å². The monoisotopic (exact) mass is 451 g/mol. The summed E-state index contributed by atoms with van der Waals surface area (Å²) in [6.45, 7) is 2.72. The Morgan fingerprint density at radius 2 is 1.79 bits per heavy atom. The second kappa shape index (κ2) is 8.13. The molecule has 3 heterocycles. The number of halogens is 2. The first kappa shape index (κ1) is 20.5. The summed E-state index contributed by atoms with van der Waals surface area (Å²) in [5, 5.41) is 9.98. The molecule has 0 saturated carbocycles.